The predicted octanol–water partition coefficient (Wildman–Crippen LogP) is 2.67. The number of nitrogens with one attached hydrogen (secondary N) is 2. The van der Waals surface area contributed by atoms with Crippen molar-refractivity contribution in [3.05, 3.63) is 17.6 Å². The Morgan fingerprint density at radius 2 is 1.95 bits per heavy atom. The molecular formula is C15H24N4O. The van der Waals surface area contributed by atoms with Crippen molar-refractivity contribution in [2.75, 3.05) is 5.32 Å². The van der Waals surface area contributed by atoms with Crippen molar-refractivity contribution >= 4 is 11.7 Å². The fraction of sp³-hybridized carbons (Fsp3) is 0.667. The first-order chi connectivity index (χ1) is 9.54. The number of hydrogen-bond donors (Lipinski definition) is 2. The molecule has 1 aromatic heterocycles. The lowest BCUT2D eigenvalue weighted by atomic mass is 9.95. The van der Waals surface area contributed by atoms with Gasteiger partial charge in [-0.2, -0.15) is 0 Å². The first-order valence-corrected chi connectivity index (χ1v) is 7.47. The van der Waals surface area contributed by atoms with Crippen LogP contribution in [0, 0.1) is 6.92 Å². The van der Waals surface area contributed by atoms with Gasteiger partial charge >= 0.3 is 0 Å². The van der Waals surface area contributed by atoms with Gasteiger partial charge in [0.15, 0.2) is 0 Å². The van der Waals surface area contributed by atoms with Gasteiger partial charge < -0.3 is 10.6 Å². The quantitative estimate of drug-likeness (QED) is 0.887. The molecule has 0 atom stereocenters. The van der Waals surface area contributed by atoms with Crippen LogP contribution in [0.25, 0.3) is 0 Å². The Balaban J connectivity index is 2.09. The minimum atomic E-state index is -0.141. The number of nitrogens with zero attached hydrogens (tertiary/aromatic N) is 2. The summed E-state index contributed by atoms with van der Waals surface area (Å²) in [6.45, 7) is 5.69. The summed E-state index contributed by atoms with van der Waals surface area (Å²) in [6, 6.07) is 2.32. The smallest absolute Gasteiger partial charge is 0.270 e. The summed E-state index contributed by atoms with van der Waals surface area (Å²) in [4.78, 5) is 20.6. The Labute approximate surface area is 120 Å². The second kappa shape index (κ2) is 6.68. The standard InChI is InChI=1S/C15H24N4O/c1-10(2)16-15(20)13-9-14(18-11(3)17-13)19-12-7-5-4-6-8-12/h9-10,12H,4-8H2,1-3H3,(H,16,20)(H,17,18,19). The van der Waals surface area contributed by atoms with Crippen LogP contribution in [-0.4, -0.2) is 28.0 Å². The van der Waals surface area contributed by atoms with E-state index in [4.69, 9.17) is 0 Å². The monoisotopic (exact) mass is 276 g/mol. The summed E-state index contributed by atoms with van der Waals surface area (Å²) < 4.78 is 0. The highest BCUT2D eigenvalue weighted by atomic mass is 16.1. The molecule has 0 radical (unpaired) electrons. The van der Waals surface area contributed by atoms with Crippen LogP contribution in [0.2, 0.25) is 0 Å². The summed E-state index contributed by atoms with van der Waals surface area (Å²) in [5, 5.41) is 6.30. The van der Waals surface area contributed by atoms with E-state index in [1.54, 1.807) is 6.07 Å². The molecule has 0 unspecified atom stereocenters. The molecule has 0 bridgehead atoms. The van der Waals surface area contributed by atoms with Gasteiger partial charge in [-0.15, -0.1) is 0 Å². The average molecular weight is 276 g/mol. The van der Waals surface area contributed by atoms with E-state index >= 15 is 0 Å². The molecule has 1 aliphatic rings. The molecule has 0 aromatic carbocycles. The van der Waals surface area contributed by atoms with Gasteiger partial charge in [-0.05, 0) is 33.6 Å². The van der Waals surface area contributed by atoms with E-state index < -0.39 is 0 Å². The third-order valence-electron chi connectivity index (χ3n) is 3.45. The average Bonchev–Trinajstić information content (AvgIpc) is 2.38. The molecule has 2 rings (SSSR count). The van der Waals surface area contributed by atoms with Crippen molar-refractivity contribution in [3.8, 4) is 0 Å². The first kappa shape index (κ1) is 14.8. The number of carbonyl (C=O) groups is 1. The molecule has 1 amide bonds. The molecular weight excluding hydrogens is 252 g/mol. The number of rotatable bonds is 4. The zero-order valence-electron chi connectivity index (χ0n) is 12.6. The first-order valence-electron chi connectivity index (χ1n) is 7.47. The van der Waals surface area contributed by atoms with Crippen molar-refractivity contribution in [1.82, 2.24) is 15.3 Å². The van der Waals surface area contributed by atoms with Gasteiger partial charge in [-0.25, -0.2) is 9.97 Å². The highest BCUT2D eigenvalue weighted by Gasteiger charge is 2.16. The molecule has 20 heavy (non-hydrogen) atoms. The maximum absolute atomic E-state index is 12.0. The van der Waals surface area contributed by atoms with Gasteiger partial charge in [0.2, 0.25) is 0 Å². The second-order valence-corrected chi connectivity index (χ2v) is 5.79. The zero-order chi connectivity index (χ0) is 14.5. The molecule has 0 saturated heterocycles. The van der Waals surface area contributed by atoms with Crippen molar-refractivity contribution < 1.29 is 4.79 Å². The Morgan fingerprint density at radius 1 is 1.25 bits per heavy atom. The molecule has 2 N–H and O–H groups in total. The summed E-state index contributed by atoms with van der Waals surface area (Å²) in [7, 11) is 0. The third-order valence-corrected chi connectivity index (χ3v) is 3.45. The second-order valence-electron chi connectivity index (χ2n) is 5.79. The Hall–Kier alpha value is -1.65. The summed E-state index contributed by atoms with van der Waals surface area (Å²) >= 11 is 0. The Kier molecular flexibility index (Phi) is 4.93. The van der Waals surface area contributed by atoms with Crippen molar-refractivity contribution in [1.29, 1.82) is 0 Å². The van der Waals surface area contributed by atoms with Crippen LogP contribution in [0.4, 0.5) is 5.82 Å². The molecule has 1 aliphatic carbocycles. The van der Waals surface area contributed by atoms with E-state index in [2.05, 4.69) is 20.6 Å². The van der Waals surface area contributed by atoms with Crippen LogP contribution in [0.15, 0.2) is 6.07 Å². The van der Waals surface area contributed by atoms with Crippen molar-refractivity contribution in [2.45, 2.75) is 65.0 Å². The molecule has 0 aliphatic heterocycles. The molecule has 1 fully saturated rings. The van der Waals surface area contributed by atoms with Crippen LogP contribution in [0.5, 0.6) is 0 Å². The minimum Gasteiger partial charge on any atom is -0.367 e. The Bertz CT molecular complexity index is 467. The van der Waals surface area contributed by atoms with Crippen LogP contribution < -0.4 is 10.6 Å². The highest BCUT2D eigenvalue weighted by Crippen LogP contribution is 2.21. The largest absolute Gasteiger partial charge is 0.367 e. The fourth-order valence-electron chi connectivity index (χ4n) is 2.55. The number of aryl methyl sites for hydroxylation is 1. The number of hydrogen-bond acceptors (Lipinski definition) is 4. The number of carbonyl (C=O) groups excluding carboxylic acids is 1. The van der Waals surface area contributed by atoms with Crippen LogP contribution >= 0.6 is 0 Å². The zero-order valence-corrected chi connectivity index (χ0v) is 12.6. The lowest BCUT2D eigenvalue weighted by Gasteiger charge is -2.23. The number of aromatic nitrogens is 2. The van der Waals surface area contributed by atoms with E-state index in [1.165, 1.54) is 32.1 Å². The van der Waals surface area contributed by atoms with Crippen LogP contribution in [0.3, 0.4) is 0 Å². The van der Waals surface area contributed by atoms with Gasteiger partial charge in [0.25, 0.3) is 5.91 Å². The van der Waals surface area contributed by atoms with E-state index in [1.807, 2.05) is 20.8 Å². The SMILES string of the molecule is Cc1nc(NC2CCCCC2)cc(C(=O)NC(C)C)n1. The molecule has 1 heterocycles. The summed E-state index contributed by atoms with van der Waals surface area (Å²) in [5.41, 5.74) is 0.435. The normalized spacial score (nSPS) is 16.2. The topological polar surface area (TPSA) is 66.9 Å². The molecule has 0 spiro atoms. The van der Waals surface area contributed by atoms with Gasteiger partial charge in [0, 0.05) is 18.2 Å². The number of anilines is 1. The van der Waals surface area contributed by atoms with Crippen molar-refractivity contribution in [2.24, 2.45) is 0 Å². The molecule has 1 aromatic rings. The lowest BCUT2D eigenvalue weighted by Crippen LogP contribution is -2.31. The van der Waals surface area contributed by atoms with Crippen molar-refractivity contribution in [3.63, 3.8) is 0 Å². The lowest BCUT2D eigenvalue weighted by molar-refractivity contribution is 0.0937. The summed E-state index contributed by atoms with van der Waals surface area (Å²) in [6.07, 6.45) is 6.21. The molecule has 110 valence electrons. The van der Waals surface area contributed by atoms with E-state index in [0.29, 0.717) is 17.6 Å². The van der Waals surface area contributed by atoms with E-state index in [0.717, 1.165) is 5.82 Å². The van der Waals surface area contributed by atoms with Gasteiger partial charge in [-0.1, -0.05) is 19.3 Å². The van der Waals surface area contributed by atoms with Crippen LogP contribution in [-0.2, 0) is 0 Å². The fourth-order valence-corrected chi connectivity index (χ4v) is 2.55. The van der Waals surface area contributed by atoms with E-state index in [9.17, 15) is 4.79 Å². The third kappa shape index (κ3) is 4.18. The van der Waals surface area contributed by atoms with E-state index in [-0.39, 0.29) is 11.9 Å². The predicted molar refractivity (Wildman–Crippen MR) is 79.9 cm³/mol. The summed E-state index contributed by atoms with van der Waals surface area (Å²) in [5.74, 6) is 1.25. The Morgan fingerprint density at radius 3 is 2.60 bits per heavy atom. The maximum Gasteiger partial charge on any atom is 0.270 e. The number of amides is 1. The van der Waals surface area contributed by atoms with Gasteiger partial charge in [-0.3, -0.25) is 4.79 Å². The maximum atomic E-state index is 12.0. The highest BCUT2D eigenvalue weighted by molar-refractivity contribution is 5.93. The van der Waals surface area contributed by atoms with Crippen LogP contribution in [0.1, 0.15) is 62.3 Å². The van der Waals surface area contributed by atoms with Gasteiger partial charge in [0.1, 0.15) is 17.3 Å². The molecule has 1 saturated carbocycles. The van der Waals surface area contributed by atoms with Gasteiger partial charge in [0.05, 0.1) is 0 Å². The molecule has 5 nitrogen and oxygen atoms in total. The minimum absolute atomic E-state index is 0.104. The molecule has 5 heteroatoms.